The van der Waals surface area contributed by atoms with Crippen LogP contribution in [0.1, 0.15) is 92.5 Å². The number of unbranched alkanes of at least 4 members (excludes halogenated alkanes) is 1. The van der Waals surface area contributed by atoms with Crippen molar-refractivity contribution in [3.8, 4) is 11.8 Å². The maximum Gasteiger partial charge on any atom is 0.302 e. The van der Waals surface area contributed by atoms with Crippen molar-refractivity contribution < 1.29 is 14.6 Å². The van der Waals surface area contributed by atoms with Crippen molar-refractivity contribution in [1.29, 1.82) is 0 Å². The topological polar surface area (TPSA) is 46.5 Å². The van der Waals surface area contributed by atoms with Crippen LogP contribution in [-0.2, 0) is 16.0 Å². The summed E-state index contributed by atoms with van der Waals surface area (Å²) in [6, 6.07) is 2.44. The van der Waals surface area contributed by atoms with Crippen LogP contribution < -0.4 is 0 Å². The number of hydrogen-bond acceptors (Lipinski definition) is 3. The quantitative estimate of drug-likeness (QED) is 0.395. The minimum atomic E-state index is -0.886. The van der Waals surface area contributed by atoms with E-state index < -0.39 is 5.60 Å². The van der Waals surface area contributed by atoms with Crippen molar-refractivity contribution in [2.24, 2.45) is 17.3 Å². The molecular formula is C28H38O3. The first kappa shape index (κ1) is 22.4. The van der Waals surface area contributed by atoms with Gasteiger partial charge in [0.2, 0.25) is 0 Å². The molecule has 168 valence electrons. The van der Waals surface area contributed by atoms with E-state index in [1.165, 1.54) is 36.5 Å². The first-order valence-corrected chi connectivity index (χ1v) is 12.1. The molecule has 0 radical (unpaired) electrons. The molecule has 0 spiro atoms. The second-order valence-electron chi connectivity index (χ2n) is 10.5. The van der Waals surface area contributed by atoms with E-state index in [0.717, 1.165) is 32.1 Å². The molecule has 0 aromatic heterocycles. The molecule has 1 aromatic rings. The lowest BCUT2D eigenvalue weighted by Gasteiger charge is -2.52. The Balaban J connectivity index is 1.53. The van der Waals surface area contributed by atoms with Crippen molar-refractivity contribution in [3.05, 3.63) is 33.9 Å². The van der Waals surface area contributed by atoms with Crippen molar-refractivity contribution in [2.45, 2.75) is 97.5 Å². The molecule has 3 aliphatic rings. The Morgan fingerprint density at radius 1 is 1.19 bits per heavy atom. The van der Waals surface area contributed by atoms with Crippen LogP contribution in [0.5, 0.6) is 0 Å². The molecule has 4 rings (SSSR count). The lowest BCUT2D eigenvalue weighted by atomic mass is 9.53. The molecule has 2 fully saturated rings. The maximum atomic E-state index is 11.7. The predicted octanol–water partition coefficient (Wildman–Crippen LogP) is 5.55. The average molecular weight is 423 g/mol. The minimum absolute atomic E-state index is 0.123. The summed E-state index contributed by atoms with van der Waals surface area (Å²) < 4.78 is 4.99. The molecule has 0 bridgehead atoms. The van der Waals surface area contributed by atoms with Gasteiger partial charge in [0.1, 0.15) is 5.60 Å². The van der Waals surface area contributed by atoms with Gasteiger partial charge in [0.05, 0.1) is 6.61 Å². The zero-order valence-electron chi connectivity index (χ0n) is 19.9. The number of aryl methyl sites for hydroxylation is 2. The molecule has 0 saturated heterocycles. The van der Waals surface area contributed by atoms with Crippen molar-refractivity contribution in [2.75, 3.05) is 6.61 Å². The number of benzene rings is 1. The molecule has 0 unspecified atom stereocenters. The highest BCUT2D eigenvalue weighted by Gasteiger charge is 2.61. The summed E-state index contributed by atoms with van der Waals surface area (Å²) >= 11 is 0. The number of esters is 1. The summed E-state index contributed by atoms with van der Waals surface area (Å²) in [6.07, 6.45) is 7.86. The average Bonchev–Trinajstić information content (AvgIpc) is 2.99. The van der Waals surface area contributed by atoms with Gasteiger partial charge in [-0.1, -0.05) is 18.9 Å². The molecule has 1 aromatic carbocycles. The van der Waals surface area contributed by atoms with E-state index >= 15 is 0 Å². The lowest BCUT2D eigenvalue weighted by Crippen LogP contribution is -2.50. The zero-order valence-corrected chi connectivity index (χ0v) is 19.9. The summed E-state index contributed by atoms with van der Waals surface area (Å²) in [5.41, 5.74) is 6.59. The standard InChI is InChI=1S/C28H38O3/c1-18-17-22-9-10-23-24(26(22)20(3)19(18)2)11-14-27(5)25(23)12-15-28(27,30)13-7-6-8-16-31-21(4)29/h17,23-25,30H,6,8-12,14-16H2,1-5H3/t23-,24+,25+,27+,28+/m1/s1. The monoisotopic (exact) mass is 422 g/mol. The molecule has 1 N–H and O–H groups in total. The molecule has 31 heavy (non-hydrogen) atoms. The number of fused-ring (bicyclic) bond motifs is 5. The van der Waals surface area contributed by atoms with E-state index in [2.05, 4.69) is 45.6 Å². The van der Waals surface area contributed by atoms with Gasteiger partial charge in [0.25, 0.3) is 0 Å². The third kappa shape index (κ3) is 3.72. The Bertz CT molecular complexity index is 936. The summed E-state index contributed by atoms with van der Waals surface area (Å²) in [5, 5.41) is 11.7. The predicted molar refractivity (Wildman–Crippen MR) is 124 cm³/mol. The van der Waals surface area contributed by atoms with Gasteiger partial charge in [-0.25, -0.2) is 0 Å². The fraction of sp³-hybridized carbons (Fsp3) is 0.679. The second kappa shape index (κ2) is 8.28. The van der Waals surface area contributed by atoms with Crippen LogP contribution in [0.4, 0.5) is 0 Å². The van der Waals surface area contributed by atoms with Crippen LogP contribution in [0.2, 0.25) is 0 Å². The third-order valence-corrected chi connectivity index (χ3v) is 9.05. The van der Waals surface area contributed by atoms with Gasteiger partial charge in [-0.05, 0) is 111 Å². The van der Waals surface area contributed by atoms with E-state index in [0.29, 0.717) is 30.8 Å². The minimum Gasteiger partial charge on any atom is -0.466 e. The van der Waals surface area contributed by atoms with Gasteiger partial charge in [0.15, 0.2) is 0 Å². The smallest absolute Gasteiger partial charge is 0.302 e. The number of carbonyl (C=O) groups excluding carboxylic acids is 1. The third-order valence-electron chi connectivity index (χ3n) is 9.05. The molecule has 3 nitrogen and oxygen atoms in total. The van der Waals surface area contributed by atoms with Crippen molar-refractivity contribution in [3.63, 3.8) is 0 Å². The van der Waals surface area contributed by atoms with Crippen LogP contribution in [0.15, 0.2) is 6.07 Å². The molecule has 0 amide bonds. The molecule has 5 atom stereocenters. The van der Waals surface area contributed by atoms with E-state index in [9.17, 15) is 9.90 Å². The van der Waals surface area contributed by atoms with Gasteiger partial charge in [-0.15, -0.1) is 5.92 Å². The second-order valence-corrected chi connectivity index (χ2v) is 10.5. The van der Waals surface area contributed by atoms with Gasteiger partial charge in [-0.2, -0.15) is 0 Å². The van der Waals surface area contributed by atoms with Crippen LogP contribution in [0.25, 0.3) is 0 Å². The van der Waals surface area contributed by atoms with E-state index in [-0.39, 0.29) is 11.4 Å². The largest absolute Gasteiger partial charge is 0.466 e. The Morgan fingerprint density at radius 2 is 1.97 bits per heavy atom. The Labute approximate surface area is 188 Å². The van der Waals surface area contributed by atoms with Crippen LogP contribution in [0, 0.1) is 49.9 Å². The van der Waals surface area contributed by atoms with Gasteiger partial charge in [0, 0.05) is 18.8 Å². The van der Waals surface area contributed by atoms with E-state index in [1.807, 2.05) is 0 Å². The number of aliphatic hydroxyl groups is 1. The fourth-order valence-corrected chi connectivity index (χ4v) is 7.09. The normalized spacial score (nSPS) is 33.5. The molecule has 2 saturated carbocycles. The summed E-state index contributed by atoms with van der Waals surface area (Å²) in [4.78, 5) is 10.9. The number of rotatable bonds is 3. The first-order valence-electron chi connectivity index (χ1n) is 12.1. The molecular weight excluding hydrogens is 384 g/mol. The zero-order chi connectivity index (χ0) is 22.4. The summed E-state index contributed by atoms with van der Waals surface area (Å²) in [6.45, 7) is 11.0. The SMILES string of the molecule is CC(=O)OCCCC#C[C@]1(O)CC[C@H]2[C@@H]3CCc4cc(C)c(C)c(C)c4[C@H]3CC[C@@]21C. The van der Waals surface area contributed by atoms with E-state index in [4.69, 9.17) is 4.74 Å². The van der Waals surface area contributed by atoms with Crippen molar-refractivity contribution >= 4 is 5.97 Å². The maximum absolute atomic E-state index is 11.7. The lowest BCUT2D eigenvalue weighted by molar-refractivity contribution is -0.141. The molecule has 0 heterocycles. The number of hydrogen-bond donors (Lipinski definition) is 1. The Morgan fingerprint density at radius 3 is 2.71 bits per heavy atom. The Hall–Kier alpha value is -1.79. The molecule has 3 heteroatoms. The highest BCUT2D eigenvalue weighted by Crippen LogP contribution is 2.64. The van der Waals surface area contributed by atoms with E-state index in [1.54, 1.807) is 11.1 Å². The first-order chi connectivity index (χ1) is 14.7. The van der Waals surface area contributed by atoms with Gasteiger partial charge in [-0.3, -0.25) is 4.79 Å². The molecule has 3 aliphatic carbocycles. The fourth-order valence-electron chi connectivity index (χ4n) is 7.09. The molecule has 0 aliphatic heterocycles. The number of ether oxygens (including phenoxy) is 1. The van der Waals surface area contributed by atoms with Gasteiger partial charge < -0.3 is 9.84 Å². The summed E-state index contributed by atoms with van der Waals surface area (Å²) in [7, 11) is 0. The number of carbonyl (C=O) groups is 1. The van der Waals surface area contributed by atoms with Crippen LogP contribution in [-0.4, -0.2) is 23.3 Å². The van der Waals surface area contributed by atoms with Crippen molar-refractivity contribution in [1.82, 2.24) is 0 Å². The Kier molecular flexibility index (Phi) is 5.99. The summed E-state index contributed by atoms with van der Waals surface area (Å²) in [5.74, 6) is 8.11. The van der Waals surface area contributed by atoms with Gasteiger partial charge >= 0.3 is 5.97 Å². The van der Waals surface area contributed by atoms with Crippen LogP contribution >= 0.6 is 0 Å². The highest BCUT2D eigenvalue weighted by molar-refractivity contribution is 5.65. The highest BCUT2D eigenvalue weighted by atomic mass is 16.5. The van der Waals surface area contributed by atoms with Crippen LogP contribution in [0.3, 0.4) is 0 Å².